The van der Waals surface area contributed by atoms with Crippen molar-refractivity contribution in [2.75, 3.05) is 5.73 Å². The molecule has 0 radical (unpaired) electrons. The molecule has 3 rings (SSSR count). The Labute approximate surface area is 108 Å². The Morgan fingerprint density at radius 1 is 1.37 bits per heavy atom. The van der Waals surface area contributed by atoms with Crippen LogP contribution in [0.25, 0.3) is 16.7 Å². The van der Waals surface area contributed by atoms with E-state index < -0.39 is 18.1 Å². The van der Waals surface area contributed by atoms with E-state index in [-0.39, 0.29) is 5.82 Å². The quantitative estimate of drug-likeness (QED) is 0.621. The van der Waals surface area contributed by atoms with Crippen LogP contribution >= 0.6 is 0 Å². The molecule has 98 valence electrons. The lowest BCUT2D eigenvalue weighted by Crippen LogP contribution is -2.29. The van der Waals surface area contributed by atoms with Crippen LogP contribution in [-0.2, 0) is 4.79 Å². The van der Waals surface area contributed by atoms with Gasteiger partial charge in [0.2, 0.25) is 0 Å². The van der Waals surface area contributed by atoms with Crippen molar-refractivity contribution in [1.29, 1.82) is 0 Å². The van der Waals surface area contributed by atoms with E-state index >= 15 is 0 Å². The number of aldehydes is 1. The van der Waals surface area contributed by atoms with Gasteiger partial charge in [-0.1, -0.05) is 0 Å². The Hall–Kier alpha value is -2.25. The lowest BCUT2D eigenvalue weighted by atomic mass is 10.1. The summed E-state index contributed by atoms with van der Waals surface area (Å²) in [6.45, 7) is 0. The first-order valence-electron chi connectivity index (χ1n) is 5.74. The topological polar surface area (TPSA) is 114 Å². The van der Waals surface area contributed by atoms with Crippen LogP contribution in [0.3, 0.4) is 0 Å². The van der Waals surface area contributed by atoms with Crippen LogP contribution < -0.4 is 5.73 Å². The maximum absolute atomic E-state index is 10.8. The second kappa shape index (κ2) is 4.15. The van der Waals surface area contributed by atoms with Crippen molar-refractivity contribution in [2.24, 2.45) is 5.92 Å². The van der Waals surface area contributed by atoms with Gasteiger partial charge in [0.1, 0.15) is 24.2 Å². The first kappa shape index (κ1) is 11.8. The summed E-state index contributed by atoms with van der Waals surface area (Å²) in [5, 5.41) is 19.7. The zero-order valence-electron chi connectivity index (χ0n) is 9.84. The van der Waals surface area contributed by atoms with Gasteiger partial charge in [0.15, 0.2) is 5.82 Å². The summed E-state index contributed by atoms with van der Waals surface area (Å²) in [6, 6.07) is 1.70. The molecule has 0 bridgehead atoms. The molecule has 19 heavy (non-hydrogen) atoms. The van der Waals surface area contributed by atoms with E-state index in [2.05, 4.69) is 9.97 Å². The number of hydrogen-bond donors (Lipinski definition) is 3. The number of imidazole rings is 1. The average molecular weight is 260 g/mol. The fourth-order valence-electron chi connectivity index (χ4n) is 2.29. The Morgan fingerprint density at radius 3 is 2.84 bits per heavy atom. The molecule has 2 heterocycles. The molecular weight excluding hydrogens is 248 g/mol. The van der Waals surface area contributed by atoms with Crippen LogP contribution in [0.1, 0.15) is 0 Å². The molecule has 7 nitrogen and oxygen atoms in total. The van der Waals surface area contributed by atoms with Crippen LogP contribution in [0.5, 0.6) is 0 Å². The zero-order chi connectivity index (χ0) is 13.6. The molecule has 0 aliphatic heterocycles. The fraction of sp³-hybridized carbons (Fsp3) is 0.250. The smallest absolute Gasteiger partial charge is 0.151 e. The van der Waals surface area contributed by atoms with Gasteiger partial charge in [-0.3, -0.25) is 4.57 Å². The normalized spacial score (nSPS) is 26.6. The number of nitrogens with zero attached hydrogens (tertiary/aromatic N) is 3. The largest absolute Gasteiger partial charge is 0.389 e. The van der Waals surface area contributed by atoms with Gasteiger partial charge in [0.05, 0.1) is 23.2 Å². The number of nitrogens with two attached hydrogens (primary N) is 1. The third-order valence-electron chi connectivity index (χ3n) is 3.31. The summed E-state index contributed by atoms with van der Waals surface area (Å²) in [5.41, 5.74) is 7.30. The monoisotopic (exact) mass is 260 g/mol. The summed E-state index contributed by atoms with van der Waals surface area (Å²) in [7, 11) is 0. The second-order valence-corrected chi connectivity index (χ2v) is 4.42. The molecule has 4 N–H and O–H groups in total. The third kappa shape index (κ3) is 1.63. The number of fused-ring (bicyclic) bond motifs is 1. The van der Waals surface area contributed by atoms with E-state index in [1.54, 1.807) is 10.6 Å². The van der Waals surface area contributed by atoms with Crippen molar-refractivity contribution in [3.63, 3.8) is 0 Å². The number of aliphatic hydroxyl groups is 2. The summed E-state index contributed by atoms with van der Waals surface area (Å²) in [6.07, 6.45) is 2.88. The maximum atomic E-state index is 10.8. The Kier molecular flexibility index (Phi) is 2.58. The van der Waals surface area contributed by atoms with Gasteiger partial charge in [-0.25, -0.2) is 9.97 Å². The van der Waals surface area contributed by atoms with Gasteiger partial charge in [-0.15, -0.1) is 0 Å². The van der Waals surface area contributed by atoms with Crippen LogP contribution in [-0.4, -0.2) is 43.2 Å². The molecule has 1 aliphatic carbocycles. The summed E-state index contributed by atoms with van der Waals surface area (Å²) in [4.78, 5) is 18.9. The molecule has 0 saturated heterocycles. The molecule has 0 amide bonds. The Morgan fingerprint density at radius 2 is 2.16 bits per heavy atom. The summed E-state index contributed by atoms with van der Waals surface area (Å²) in [5.74, 6) is -0.432. The lowest BCUT2D eigenvalue weighted by Gasteiger charge is -2.15. The summed E-state index contributed by atoms with van der Waals surface area (Å²) >= 11 is 0. The van der Waals surface area contributed by atoms with E-state index in [0.29, 0.717) is 23.0 Å². The van der Waals surface area contributed by atoms with Crippen LogP contribution in [0.15, 0.2) is 24.7 Å². The van der Waals surface area contributed by atoms with Crippen molar-refractivity contribution in [1.82, 2.24) is 14.5 Å². The second-order valence-electron chi connectivity index (χ2n) is 4.42. The van der Waals surface area contributed by atoms with E-state index in [1.165, 1.54) is 18.6 Å². The van der Waals surface area contributed by atoms with E-state index in [4.69, 9.17) is 5.73 Å². The van der Waals surface area contributed by atoms with Crippen molar-refractivity contribution in [3.05, 3.63) is 24.7 Å². The molecule has 0 unspecified atom stereocenters. The fourth-order valence-corrected chi connectivity index (χ4v) is 2.29. The number of aromatic nitrogens is 3. The van der Waals surface area contributed by atoms with Crippen molar-refractivity contribution >= 4 is 28.8 Å². The molecule has 2 aromatic heterocycles. The van der Waals surface area contributed by atoms with E-state index in [1.807, 2.05) is 0 Å². The number of carbonyl (C=O) groups is 1. The number of hydrogen-bond acceptors (Lipinski definition) is 6. The van der Waals surface area contributed by atoms with Gasteiger partial charge in [-0.05, 0) is 12.1 Å². The Bertz CT molecular complexity index is 679. The number of rotatable bonds is 2. The van der Waals surface area contributed by atoms with Crippen LogP contribution in [0.4, 0.5) is 5.82 Å². The Balaban J connectivity index is 2.15. The number of pyridine rings is 1. The van der Waals surface area contributed by atoms with Gasteiger partial charge in [0.25, 0.3) is 0 Å². The molecular formula is C12H12N4O3. The van der Waals surface area contributed by atoms with E-state index in [0.717, 1.165) is 0 Å². The summed E-state index contributed by atoms with van der Waals surface area (Å²) < 4.78 is 1.60. The van der Waals surface area contributed by atoms with Crippen molar-refractivity contribution < 1.29 is 15.0 Å². The zero-order valence-corrected chi connectivity index (χ0v) is 9.84. The SMILES string of the molecule is Nc1nccc2c1ncn2C1=C[C@H](C=O)[C@@H](O)[C@H]1O. The predicted octanol–water partition coefficient (Wildman–Crippen LogP) is -0.595. The third-order valence-corrected chi connectivity index (χ3v) is 3.31. The van der Waals surface area contributed by atoms with Gasteiger partial charge >= 0.3 is 0 Å². The minimum atomic E-state index is -1.14. The van der Waals surface area contributed by atoms with Crippen LogP contribution in [0.2, 0.25) is 0 Å². The molecule has 0 aromatic carbocycles. The highest BCUT2D eigenvalue weighted by molar-refractivity contribution is 5.87. The predicted molar refractivity (Wildman–Crippen MR) is 67.8 cm³/mol. The highest BCUT2D eigenvalue weighted by atomic mass is 16.3. The lowest BCUT2D eigenvalue weighted by molar-refractivity contribution is -0.113. The molecule has 0 saturated carbocycles. The molecule has 3 atom stereocenters. The van der Waals surface area contributed by atoms with Crippen molar-refractivity contribution in [2.45, 2.75) is 12.2 Å². The van der Waals surface area contributed by atoms with Gasteiger partial charge in [-0.2, -0.15) is 0 Å². The maximum Gasteiger partial charge on any atom is 0.151 e. The highest BCUT2D eigenvalue weighted by Crippen LogP contribution is 2.30. The standard InChI is InChI=1S/C12H12N4O3/c13-12-9-7(1-2-14-12)16(5-15-9)8-3-6(4-17)10(18)11(8)19/h1-6,10-11,18-19H,(H2,13,14)/t6-,10-,11+/m1/s1. The number of aliphatic hydroxyl groups excluding tert-OH is 2. The molecule has 2 aromatic rings. The van der Waals surface area contributed by atoms with Crippen molar-refractivity contribution in [3.8, 4) is 0 Å². The number of anilines is 1. The molecule has 7 heteroatoms. The first-order valence-corrected chi connectivity index (χ1v) is 5.74. The number of carbonyl (C=O) groups excluding carboxylic acids is 1. The van der Waals surface area contributed by atoms with Gasteiger partial charge in [0, 0.05) is 6.20 Å². The highest BCUT2D eigenvalue weighted by Gasteiger charge is 2.35. The van der Waals surface area contributed by atoms with Crippen LogP contribution in [0, 0.1) is 5.92 Å². The molecule has 1 aliphatic rings. The molecule has 0 fully saturated rings. The minimum Gasteiger partial charge on any atom is -0.389 e. The van der Waals surface area contributed by atoms with Gasteiger partial charge < -0.3 is 20.7 Å². The average Bonchev–Trinajstić information content (AvgIpc) is 2.94. The number of nitrogen functional groups attached to an aromatic ring is 1. The van der Waals surface area contributed by atoms with E-state index in [9.17, 15) is 15.0 Å². The first-order chi connectivity index (χ1) is 9.13. The minimum absolute atomic E-state index is 0.289. The molecule has 0 spiro atoms.